The smallest absolute Gasteiger partial charge is 0.0492 e. The number of nitrogen functional groups attached to an aromatic ring is 1. The number of anilines is 2. The van der Waals surface area contributed by atoms with E-state index in [-0.39, 0.29) is 5.92 Å². The van der Waals surface area contributed by atoms with Crippen LogP contribution in [-0.2, 0) is 6.54 Å². The van der Waals surface area contributed by atoms with Crippen LogP contribution in [0.3, 0.4) is 0 Å². The number of hydrogen-bond donors (Lipinski definition) is 2. The maximum absolute atomic E-state index is 6.49. The number of fused-ring (bicyclic) bond motifs is 1. The van der Waals surface area contributed by atoms with Crippen molar-refractivity contribution in [2.45, 2.75) is 20.4 Å². The van der Waals surface area contributed by atoms with Crippen molar-refractivity contribution < 1.29 is 0 Å². The Kier molecular flexibility index (Phi) is 7.48. The Morgan fingerprint density at radius 3 is 2.54 bits per heavy atom. The van der Waals surface area contributed by atoms with Crippen molar-refractivity contribution in [3.8, 4) is 11.1 Å². The molecule has 1 atom stereocenters. The third-order valence-corrected chi connectivity index (χ3v) is 6.78. The lowest BCUT2D eigenvalue weighted by Crippen LogP contribution is -2.30. The minimum absolute atomic E-state index is 0.179. The molecule has 0 radical (unpaired) electrons. The van der Waals surface area contributed by atoms with E-state index in [0.717, 1.165) is 34.7 Å². The van der Waals surface area contributed by atoms with Crippen LogP contribution in [0.15, 0.2) is 104 Å². The van der Waals surface area contributed by atoms with E-state index >= 15 is 0 Å². The summed E-state index contributed by atoms with van der Waals surface area (Å²) in [6, 6.07) is 26.9. The van der Waals surface area contributed by atoms with Crippen molar-refractivity contribution in [3.05, 3.63) is 120 Å². The molecule has 3 nitrogen and oxygen atoms in total. The highest BCUT2D eigenvalue weighted by atomic mass is 35.5. The van der Waals surface area contributed by atoms with Crippen LogP contribution in [0.5, 0.6) is 0 Å². The molecule has 4 rings (SSSR count). The Morgan fingerprint density at radius 2 is 1.80 bits per heavy atom. The van der Waals surface area contributed by atoms with Crippen molar-refractivity contribution in [2.24, 2.45) is 5.92 Å². The van der Waals surface area contributed by atoms with Gasteiger partial charge in [-0.25, -0.2) is 0 Å². The van der Waals surface area contributed by atoms with Gasteiger partial charge in [-0.3, -0.25) is 0 Å². The molecule has 35 heavy (non-hydrogen) atoms. The molecule has 178 valence electrons. The van der Waals surface area contributed by atoms with Gasteiger partial charge in [0.25, 0.3) is 0 Å². The second kappa shape index (κ2) is 10.7. The monoisotopic (exact) mass is 481 g/mol. The Bertz CT molecular complexity index is 1360. The molecule has 0 bridgehead atoms. The van der Waals surface area contributed by atoms with Gasteiger partial charge in [-0.2, -0.15) is 0 Å². The summed E-state index contributed by atoms with van der Waals surface area (Å²) >= 11 is 6.49. The average Bonchev–Trinajstić information content (AvgIpc) is 2.87. The molecule has 4 aromatic rings. The summed E-state index contributed by atoms with van der Waals surface area (Å²) in [6.45, 7) is 14.2. The van der Waals surface area contributed by atoms with E-state index in [1.165, 1.54) is 21.9 Å². The number of aryl methyl sites for hydroxylation is 1. The first kappa shape index (κ1) is 24.4. The molecule has 0 amide bonds. The van der Waals surface area contributed by atoms with Gasteiger partial charge in [-0.15, -0.1) is 0 Å². The number of hydrogen-bond acceptors (Lipinski definition) is 3. The van der Waals surface area contributed by atoms with Crippen LogP contribution in [-0.4, -0.2) is 6.54 Å². The highest BCUT2D eigenvalue weighted by molar-refractivity contribution is 6.31. The van der Waals surface area contributed by atoms with Gasteiger partial charge < -0.3 is 16.0 Å². The SMILES string of the molecule is C=CNCC(C)C(=C)N(Cc1c(C)ccc2ccccc12)c1ccc(Cl)cc1-c1ccc(N)cc1. The van der Waals surface area contributed by atoms with Crippen LogP contribution >= 0.6 is 11.6 Å². The van der Waals surface area contributed by atoms with E-state index < -0.39 is 0 Å². The summed E-state index contributed by atoms with van der Waals surface area (Å²) in [5.74, 6) is 0.179. The first-order valence-electron chi connectivity index (χ1n) is 11.8. The first-order chi connectivity index (χ1) is 16.9. The van der Waals surface area contributed by atoms with Crippen molar-refractivity contribution in [2.75, 3.05) is 17.2 Å². The van der Waals surface area contributed by atoms with E-state index in [0.29, 0.717) is 11.6 Å². The van der Waals surface area contributed by atoms with Crippen LogP contribution in [0.2, 0.25) is 5.02 Å². The molecule has 0 aromatic heterocycles. The minimum atomic E-state index is 0.179. The maximum Gasteiger partial charge on any atom is 0.0492 e. The third kappa shape index (κ3) is 5.36. The van der Waals surface area contributed by atoms with Gasteiger partial charge in [0.1, 0.15) is 0 Å². The quantitative estimate of drug-likeness (QED) is 0.238. The molecule has 0 aliphatic rings. The predicted octanol–water partition coefficient (Wildman–Crippen LogP) is 7.94. The largest absolute Gasteiger partial charge is 0.399 e. The molecular formula is C31H32ClN3. The standard InChI is InChI=1S/C31H32ClN3/c1-5-34-19-22(3)23(4)35(20-30-21(2)10-11-24-8-6-7-9-28(24)30)31-17-14-26(32)18-29(31)25-12-15-27(33)16-13-25/h5-18,22,34H,1,4,19-20,33H2,2-3H3. The van der Waals surface area contributed by atoms with Crippen LogP contribution in [0.1, 0.15) is 18.1 Å². The average molecular weight is 482 g/mol. The zero-order valence-electron chi connectivity index (χ0n) is 20.4. The lowest BCUT2D eigenvalue weighted by atomic mass is 9.96. The molecule has 3 N–H and O–H groups in total. The molecule has 0 saturated heterocycles. The summed E-state index contributed by atoms with van der Waals surface area (Å²) in [5, 5.41) is 6.42. The summed E-state index contributed by atoms with van der Waals surface area (Å²) in [4.78, 5) is 2.33. The van der Waals surface area contributed by atoms with Gasteiger partial charge in [-0.1, -0.05) is 80.2 Å². The Hall–Kier alpha value is -3.69. The molecule has 1 unspecified atom stereocenters. The summed E-state index contributed by atoms with van der Waals surface area (Å²) in [6.07, 6.45) is 1.73. The molecule has 4 aromatic carbocycles. The van der Waals surface area contributed by atoms with E-state index in [4.69, 9.17) is 17.3 Å². The van der Waals surface area contributed by atoms with Crippen molar-refractivity contribution in [1.29, 1.82) is 0 Å². The van der Waals surface area contributed by atoms with Gasteiger partial charge in [0.05, 0.1) is 0 Å². The fraction of sp³-hybridized carbons (Fsp3) is 0.161. The molecule has 0 heterocycles. The van der Waals surface area contributed by atoms with Crippen molar-refractivity contribution in [1.82, 2.24) is 5.32 Å². The van der Waals surface area contributed by atoms with Crippen LogP contribution < -0.4 is 16.0 Å². The molecule has 0 aliphatic carbocycles. The maximum atomic E-state index is 6.49. The highest BCUT2D eigenvalue weighted by Gasteiger charge is 2.22. The van der Waals surface area contributed by atoms with Crippen LogP contribution in [0.25, 0.3) is 21.9 Å². The lowest BCUT2D eigenvalue weighted by molar-refractivity contribution is 0.611. The van der Waals surface area contributed by atoms with E-state index in [2.05, 4.69) is 79.7 Å². The van der Waals surface area contributed by atoms with Gasteiger partial charge in [-0.05, 0) is 70.9 Å². The molecule has 0 fully saturated rings. The Labute approximate surface area is 213 Å². The fourth-order valence-corrected chi connectivity index (χ4v) is 4.61. The van der Waals surface area contributed by atoms with E-state index in [1.807, 2.05) is 36.4 Å². The second-order valence-corrected chi connectivity index (χ2v) is 9.39. The molecule has 0 aliphatic heterocycles. The summed E-state index contributed by atoms with van der Waals surface area (Å²) in [5.41, 5.74) is 13.4. The molecule has 0 spiro atoms. The zero-order chi connectivity index (χ0) is 24.9. The highest BCUT2D eigenvalue weighted by Crippen LogP contribution is 2.38. The minimum Gasteiger partial charge on any atom is -0.399 e. The van der Waals surface area contributed by atoms with Crippen LogP contribution in [0, 0.1) is 12.8 Å². The van der Waals surface area contributed by atoms with Gasteiger partial charge >= 0.3 is 0 Å². The number of nitrogens with two attached hydrogens (primary N) is 1. The second-order valence-electron chi connectivity index (χ2n) is 8.96. The van der Waals surface area contributed by atoms with Gasteiger partial charge in [0.2, 0.25) is 0 Å². The topological polar surface area (TPSA) is 41.3 Å². The van der Waals surface area contributed by atoms with E-state index in [1.54, 1.807) is 6.20 Å². The van der Waals surface area contributed by atoms with Crippen LogP contribution in [0.4, 0.5) is 11.4 Å². The number of rotatable bonds is 9. The number of nitrogens with zero attached hydrogens (tertiary/aromatic N) is 1. The summed E-state index contributed by atoms with van der Waals surface area (Å²) < 4.78 is 0. The Balaban J connectivity index is 1.87. The predicted molar refractivity (Wildman–Crippen MR) is 153 cm³/mol. The zero-order valence-corrected chi connectivity index (χ0v) is 21.1. The number of nitrogens with one attached hydrogen (secondary N) is 1. The molecule has 4 heteroatoms. The van der Waals surface area contributed by atoms with Gasteiger partial charge in [0.15, 0.2) is 0 Å². The normalized spacial score (nSPS) is 11.7. The number of halogens is 1. The third-order valence-electron chi connectivity index (χ3n) is 6.55. The van der Waals surface area contributed by atoms with E-state index in [9.17, 15) is 0 Å². The first-order valence-corrected chi connectivity index (χ1v) is 12.2. The van der Waals surface area contributed by atoms with Crippen molar-refractivity contribution >= 4 is 33.7 Å². The molecular weight excluding hydrogens is 450 g/mol. The molecule has 0 saturated carbocycles. The summed E-state index contributed by atoms with van der Waals surface area (Å²) in [7, 11) is 0. The number of benzene rings is 4. The lowest BCUT2D eigenvalue weighted by Gasteiger charge is -2.33. The Morgan fingerprint density at radius 1 is 1.06 bits per heavy atom. The fourth-order valence-electron chi connectivity index (χ4n) is 4.44. The van der Waals surface area contributed by atoms with Crippen molar-refractivity contribution in [3.63, 3.8) is 0 Å². The van der Waals surface area contributed by atoms with Gasteiger partial charge in [0, 0.05) is 46.7 Å².